The van der Waals surface area contributed by atoms with Crippen molar-refractivity contribution < 1.29 is 17.9 Å². The number of nitrogens with zero attached hydrogens (tertiary/aromatic N) is 1. The van der Waals surface area contributed by atoms with E-state index in [-0.39, 0.29) is 11.0 Å². The number of benzene rings is 2. The SMILES string of the molecule is Cc1ccc(S(=O)(=O)N2[C@@H](C(=O)OC(C)C)[C@@H]2c2ccccc2)cc1. The van der Waals surface area contributed by atoms with Gasteiger partial charge in [0.25, 0.3) is 0 Å². The van der Waals surface area contributed by atoms with Crippen LogP contribution in [0.4, 0.5) is 0 Å². The van der Waals surface area contributed by atoms with Crippen LogP contribution in [0.15, 0.2) is 59.5 Å². The zero-order valence-corrected chi connectivity index (χ0v) is 15.2. The summed E-state index contributed by atoms with van der Waals surface area (Å²) in [5, 5.41) is 0. The second kappa shape index (κ2) is 6.61. The molecule has 132 valence electrons. The van der Waals surface area contributed by atoms with Gasteiger partial charge in [0.05, 0.1) is 17.0 Å². The number of aryl methyl sites for hydroxylation is 1. The van der Waals surface area contributed by atoms with Crippen LogP contribution in [0.5, 0.6) is 0 Å². The van der Waals surface area contributed by atoms with Crippen LogP contribution in [0.1, 0.15) is 31.0 Å². The Hall–Kier alpha value is -2.18. The number of ether oxygens (including phenoxy) is 1. The third kappa shape index (κ3) is 3.45. The molecule has 0 radical (unpaired) electrons. The molecule has 0 aliphatic carbocycles. The first-order chi connectivity index (χ1) is 11.8. The third-order valence-electron chi connectivity index (χ3n) is 4.09. The molecule has 1 unspecified atom stereocenters. The highest BCUT2D eigenvalue weighted by Gasteiger charge is 2.61. The van der Waals surface area contributed by atoms with E-state index in [0.717, 1.165) is 11.1 Å². The smallest absolute Gasteiger partial charge is 0.326 e. The van der Waals surface area contributed by atoms with E-state index in [1.165, 1.54) is 4.31 Å². The zero-order valence-electron chi connectivity index (χ0n) is 14.4. The summed E-state index contributed by atoms with van der Waals surface area (Å²) in [5.74, 6) is -0.514. The molecule has 0 aromatic heterocycles. The standard InChI is InChI=1S/C19H21NO4S/c1-13(2)24-19(21)18-17(15-7-5-4-6-8-15)20(18)25(22,23)16-11-9-14(3)10-12-16/h4-13,17-18H,1-3H3/t17-,18+,20?/m0/s1. The van der Waals surface area contributed by atoms with Crippen molar-refractivity contribution in [1.82, 2.24) is 4.31 Å². The largest absolute Gasteiger partial charge is 0.462 e. The van der Waals surface area contributed by atoms with Gasteiger partial charge in [-0.1, -0.05) is 48.0 Å². The monoisotopic (exact) mass is 359 g/mol. The van der Waals surface area contributed by atoms with Crippen molar-refractivity contribution in [2.45, 2.75) is 43.9 Å². The molecule has 1 heterocycles. The van der Waals surface area contributed by atoms with E-state index in [1.807, 2.05) is 37.3 Å². The molecule has 6 heteroatoms. The van der Waals surface area contributed by atoms with Crippen molar-refractivity contribution in [3.8, 4) is 0 Å². The first-order valence-corrected chi connectivity index (χ1v) is 9.62. The summed E-state index contributed by atoms with van der Waals surface area (Å²) in [6, 6.07) is 14.4. The van der Waals surface area contributed by atoms with Gasteiger partial charge in [-0.15, -0.1) is 0 Å². The first kappa shape index (κ1) is 17.6. The summed E-state index contributed by atoms with van der Waals surface area (Å²) in [6.45, 7) is 5.39. The second-order valence-corrected chi connectivity index (χ2v) is 8.28. The molecule has 1 aliphatic heterocycles. The Bertz CT molecular complexity index is 860. The van der Waals surface area contributed by atoms with Gasteiger partial charge in [-0.2, -0.15) is 4.31 Å². The fourth-order valence-electron chi connectivity index (χ4n) is 2.86. The van der Waals surface area contributed by atoms with Crippen molar-refractivity contribution in [2.24, 2.45) is 0 Å². The molecule has 0 amide bonds. The molecule has 0 saturated carbocycles. The second-order valence-electron chi connectivity index (χ2n) is 6.43. The average molecular weight is 359 g/mol. The summed E-state index contributed by atoms with van der Waals surface area (Å²) in [5.41, 5.74) is 1.75. The minimum atomic E-state index is -3.78. The summed E-state index contributed by atoms with van der Waals surface area (Å²) >= 11 is 0. The van der Waals surface area contributed by atoms with Gasteiger partial charge in [-0.05, 0) is 38.5 Å². The Kier molecular flexibility index (Phi) is 4.67. The fraction of sp³-hybridized carbons (Fsp3) is 0.316. The fourth-order valence-corrected chi connectivity index (χ4v) is 4.56. The van der Waals surface area contributed by atoms with Crippen LogP contribution in [-0.4, -0.2) is 30.8 Å². The molecule has 2 aromatic carbocycles. The molecular formula is C19H21NO4S. The summed E-state index contributed by atoms with van der Waals surface area (Å²) in [6.07, 6.45) is -0.298. The van der Waals surface area contributed by atoms with Crippen LogP contribution in [0.25, 0.3) is 0 Å². The predicted molar refractivity (Wildman–Crippen MR) is 94.4 cm³/mol. The number of carbonyl (C=O) groups excluding carboxylic acids is 1. The van der Waals surface area contributed by atoms with Crippen LogP contribution in [-0.2, 0) is 19.6 Å². The zero-order chi connectivity index (χ0) is 18.2. The van der Waals surface area contributed by atoms with Crippen molar-refractivity contribution in [1.29, 1.82) is 0 Å². The third-order valence-corrected chi connectivity index (χ3v) is 5.97. The van der Waals surface area contributed by atoms with Gasteiger partial charge >= 0.3 is 5.97 Å². The van der Waals surface area contributed by atoms with Gasteiger partial charge < -0.3 is 4.74 Å². The average Bonchev–Trinajstić information content (AvgIpc) is 3.32. The summed E-state index contributed by atoms with van der Waals surface area (Å²) < 4.78 is 32.5. The molecule has 2 aromatic rings. The molecule has 5 nitrogen and oxygen atoms in total. The lowest BCUT2D eigenvalue weighted by Gasteiger charge is -2.09. The minimum absolute atomic E-state index is 0.180. The molecule has 1 aliphatic rings. The number of sulfonamides is 1. The molecule has 0 spiro atoms. The molecule has 25 heavy (non-hydrogen) atoms. The lowest BCUT2D eigenvalue weighted by molar-refractivity contribution is -0.147. The van der Waals surface area contributed by atoms with E-state index in [1.54, 1.807) is 38.1 Å². The highest BCUT2D eigenvalue weighted by atomic mass is 32.2. The lowest BCUT2D eigenvalue weighted by atomic mass is 10.1. The maximum absolute atomic E-state index is 13.0. The molecule has 0 N–H and O–H groups in total. The van der Waals surface area contributed by atoms with Crippen molar-refractivity contribution in [3.63, 3.8) is 0 Å². The van der Waals surface area contributed by atoms with Gasteiger partial charge in [-0.3, -0.25) is 4.79 Å². The van der Waals surface area contributed by atoms with Gasteiger partial charge in [-0.25, -0.2) is 8.42 Å². The number of rotatable bonds is 5. The van der Waals surface area contributed by atoms with Gasteiger partial charge in [0.15, 0.2) is 0 Å². The number of hydrogen-bond donors (Lipinski definition) is 0. The maximum atomic E-state index is 13.0. The number of hydrogen-bond acceptors (Lipinski definition) is 4. The minimum Gasteiger partial charge on any atom is -0.462 e. The van der Waals surface area contributed by atoms with E-state index in [0.29, 0.717) is 0 Å². The highest BCUT2D eigenvalue weighted by Crippen LogP contribution is 2.48. The Morgan fingerprint density at radius 3 is 2.20 bits per heavy atom. The van der Waals surface area contributed by atoms with Gasteiger partial charge in [0, 0.05) is 0 Å². The van der Waals surface area contributed by atoms with E-state index in [2.05, 4.69) is 0 Å². The summed E-state index contributed by atoms with van der Waals surface area (Å²) in [4.78, 5) is 12.6. The quantitative estimate of drug-likeness (QED) is 0.608. The number of esters is 1. The van der Waals surface area contributed by atoms with E-state index >= 15 is 0 Å². The highest BCUT2D eigenvalue weighted by molar-refractivity contribution is 7.89. The maximum Gasteiger partial charge on any atom is 0.326 e. The molecule has 1 fully saturated rings. The van der Waals surface area contributed by atoms with E-state index in [9.17, 15) is 13.2 Å². The van der Waals surface area contributed by atoms with E-state index < -0.39 is 28.1 Å². The Morgan fingerprint density at radius 1 is 1.04 bits per heavy atom. The van der Waals surface area contributed by atoms with E-state index in [4.69, 9.17) is 4.74 Å². The van der Waals surface area contributed by atoms with Gasteiger partial charge in [0.2, 0.25) is 10.0 Å². The first-order valence-electron chi connectivity index (χ1n) is 8.18. The van der Waals surface area contributed by atoms with Crippen molar-refractivity contribution >= 4 is 16.0 Å². The summed E-state index contributed by atoms with van der Waals surface area (Å²) in [7, 11) is -3.78. The molecule has 3 rings (SSSR count). The predicted octanol–water partition coefficient (Wildman–Crippen LogP) is 3.06. The molecule has 1 saturated heterocycles. The van der Waals surface area contributed by atoms with Crippen LogP contribution in [0.3, 0.4) is 0 Å². The molecule has 3 atom stereocenters. The van der Waals surface area contributed by atoms with Crippen molar-refractivity contribution in [3.05, 3.63) is 65.7 Å². The lowest BCUT2D eigenvalue weighted by Crippen LogP contribution is -2.23. The van der Waals surface area contributed by atoms with Gasteiger partial charge in [0.1, 0.15) is 6.04 Å². The van der Waals surface area contributed by atoms with Crippen molar-refractivity contribution in [2.75, 3.05) is 0 Å². The molecular weight excluding hydrogens is 338 g/mol. The van der Waals surface area contributed by atoms with Crippen LogP contribution in [0, 0.1) is 6.92 Å². The van der Waals surface area contributed by atoms with Crippen LogP contribution < -0.4 is 0 Å². The molecule has 0 bridgehead atoms. The Balaban J connectivity index is 1.96. The normalized spacial score (nSPS) is 22.6. The number of carbonyl (C=O) groups is 1. The van der Waals surface area contributed by atoms with Crippen LogP contribution >= 0.6 is 0 Å². The Morgan fingerprint density at radius 2 is 1.64 bits per heavy atom. The van der Waals surface area contributed by atoms with Crippen LogP contribution in [0.2, 0.25) is 0 Å². The Labute approximate surface area is 148 Å². The topological polar surface area (TPSA) is 63.5 Å².